The average molecular weight is 251 g/mol. The van der Waals surface area contributed by atoms with Crippen LogP contribution < -0.4 is 10.6 Å². The normalized spacial score (nSPS) is 22.1. The molecule has 1 amide bonds. The van der Waals surface area contributed by atoms with Gasteiger partial charge in [0.05, 0.1) is 0 Å². The van der Waals surface area contributed by atoms with Crippen LogP contribution in [-0.2, 0) is 4.79 Å². The molecule has 5 heteroatoms. The molecule has 0 spiro atoms. The van der Waals surface area contributed by atoms with Crippen LogP contribution in [0.25, 0.3) is 0 Å². The van der Waals surface area contributed by atoms with E-state index in [0.717, 1.165) is 18.7 Å². The van der Waals surface area contributed by atoms with Crippen LogP contribution in [0.3, 0.4) is 0 Å². The maximum absolute atomic E-state index is 12.9. The molecular formula is C13H18FN3O. The number of rotatable bonds is 2. The molecule has 1 atom stereocenters. The molecule has 0 aromatic heterocycles. The number of nitrogens with two attached hydrogens (primary N) is 1. The summed E-state index contributed by atoms with van der Waals surface area (Å²) in [6, 6.07) is 5.71. The average Bonchev–Trinajstić information content (AvgIpc) is 2.49. The molecule has 2 N–H and O–H groups in total. The Bertz CT molecular complexity index is 421. The summed E-state index contributed by atoms with van der Waals surface area (Å²) < 4.78 is 12.9. The molecule has 0 radical (unpaired) electrons. The highest BCUT2D eigenvalue weighted by Crippen LogP contribution is 2.19. The van der Waals surface area contributed by atoms with Crippen LogP contribution in [0.15, 0.2) is 24.3 Å². The van der Waals surface area contributed by atoms with Gasteiger partial charge in [-0.05, 0) is 37.7 Å². The van der Waals surface area contributed by atoms with Gasteiger partial charge in [0.25, 0.3) is 0 Å². The first-order valence-corrected chi connectivity index (χ1v) is 6.10. The summed E-state index contributed by atoms with van der Waals surface area (Å²) in [4.78, 5) is 16.1. The van der Waals surface area contributed by atoms with Crippen molar-refractivity contribution in [3.05, 3.63) is 30.1 Å². The molecule has 1 aromatic carbocycles. The van der Waals surface area contributed by atoms with E-state index < -0.39 is 0 Å². The van der Waals surface area contributed by atoms with Crippen molar-refractivity contribution >= 4 is 11.6 Å². The lowest BCUT2D eigenvalue weighted by atomic mass is 10.2. The zero-order valence-electron chi connectivity index (χ0n) is 10.5. The fourth-order valence-electron chi connectivity index (χ4n) is 2.27. The molecule has 1 heterocycles. The zero-order chi connectivity index (χ0) is 13.1. The van der Waals surface area contributed by atoms with Gasteiger partial charge in [-0.2, -0.15) is 0 Å². The van der Waals surface area contributed by atoms with Crippen LogP contribution in [0.1, 0.15) is 6.42 Å². The lowest BCUT2D eigenvalue weighted by Gasteiger charge is -2.27. The minimum Gasteiger partial charge on any atom is -0.328 e. The molecule has 1 aliphatic heterocycles. The van der Waals surface area contributed by atoms with E-state index in [4.69, 9.17) is 5.73 Å². The zero-order valence-corrected chi connectivity index (χ0v) is 10.5. The number of hydrogen-bond donors (Lipinski definition) is 1. The van der Waals surface area contributed by atoms with E-state index in [-0.39, 0.29) is 17.8 Å². The number of hydrogen-bond acceptors (Lipinski definition) is 3. The lowest BCUT2D eigenvalue weighted by molar-refractivity contribution is -0.122. The molecule has 1 aliphatic rings. The second-order valence-electron chi connectivity index (χ2n) is 4.55. The molecule has 98 valence electrons. The van der Waals surface area contributed by atoms with Crippen LogP contribution in [0.2, 0.25) is 0 Å². The summed E-state index contributed by atoms with van der Waals surface area (Å²) in [7, 11) is 1.91. The number of carbonyl (C=O) groups excluding carboxylic acids is 1. The summed E-state index contributed by atoms with van der Waals surface area (Å²) in [6.07, 6.45) is 0.885. The van der Waals surface area contributed by atoms with Gasteiger partial charge < -0.3 is 10.6 Å². The number of benzene rings is 1. The third-order valence-electron chi connectivity index (χ3n) is 3.34. The van der Waals surface area contributed by atoms with E-state index in [0.29, 0.717) is 13.1 Å². The van der Waals surface area contributed by atoms with Gasteiger partial charge in [0.15, 0.2) is 0 Å². The first-order chi connectivity index (χ1) is 8.63. The van der Waals surface area contributed by atoms with Crippen molar-refractivity contribution in [1.29, 1.82) is 0 Å². The van der Waals surface area contributed by atoms with Crippen LogP contribution in [-0.4, -0.2) is 43.5 Å². The summed E-state index contributed by atoms with van der Waals surface area (Å²) in [5.74, 6) is -0.308. The van der Waals surface area contributed by atoms with Gasteiger partial charge in [0.2, 0.25) is 5.91 Å². The number of carbonyl (C=O) groups is 1. The number of likely N-dealkylation sites (N-methyl/N-ethyl adjacent to an activating group) is 1. The van der Waals surface area contributed by atoms with Crippen molar-refractivity contribution < 1.29 is 9.18 Å². The molecule has 0 saturated carbocycles. The molecule has 1 unspecified atom stereocenters. The van der Waals surface area contributed by atoms with E-state index in [9.17, 15) is 9.18 Å². The van der Waals surface area contributed by atoms with Crippen molar-refractivity contribution in [2.24, 2.45) is 5.73 Å². The second kappa shape index (κ2) is 5.46. The topological polar surface area (TPSA) is 49.6 Å². The molecular weight excluding hydrogens is 233 g/mol. The predicted octanol–water partition coefficient (Wildman–Crippen LogP) is 0.821. The van der Waals surface area contributed by atoms with Crippen molar-refractivity contribution in [2.75, 3.05) is 31.6 Å². The van der Waals surface area contributed by atoms with Gasteiger partial charge in [-0.25, -0.2) is 4.39 Å². The van der Waals surface area contributed by atoms with Crippen LogP contribution in [0, 0.1) is 5.82 Å². The summed E-state index contributed by atoms with van der Waals surface area (Å²) >= 11 is 0. The maximum Gasteiger partial charge on any atom is 0.245 e. The predicted molar refractivity (Wildman–Crippen MR) is 68.8 cm³/mol. The minimum atomic E-state index is -0.298. The number of anilines is 1. The third-order valence-corrected chi connectivity index (χ3v) is 3.34. The fraction of sp³-hybridized carbons (Fsp3) is 0.462. The highest BCUT2D eigenvalue weighted by Gasteiger charge is 2.30. The van der Waals surface area contributed by atoms with E-state index in [1.807, 2.05) is 11.9 Å². The van der Waals surface area contributed by atoms with E-state index in [1.54, 1.807) is 17.0 Å². The smallest absolute Gasteiger partial charge is 0.245 e. The monoisotopic (exact) mass is 251 g/mol. The Kier molecular flexibility index (Phi) is 3.93. The standard InChI is InChI=1S/C13H18FN3O/c1-16-7-2-8-17(13(18)12(16)9-15)11-5-3-10(14)4-6-11/h3-6,12H,2,7-9,15H2,1H3. The Morgan fingerprint density at radius 3 is 2.61 bits per heavy atom. The Balaban J connectivity index is 2.26. The quantitative estimate of drug-likeness (QED) is 0.846. The van der Waals surface area contributed by atoms with E-state index in [1.165, 1.54) is 12.1 Å². The van der Waals surface area contributed by atoms with Crippen LogP contribution in [0.5, 0.6) is 0 Å². The van der Waals surface area contributed by atoms with Gasteiger partial charge in [-0.15, -0.1) is 0 Å². The minimum absolute atomic E-state index is 0.0101. The molecule has 1 aromatic rings. The van der Waals surface area contributed by atoms with Crippen molar-refractivity contribution in [3.63, 3.8) is 0 Å². The molecule has 0 bridgehead atoms. The van der Waals surface area contributed by atoms with Crippen molar-refractivity contribution in [2.45, 2.75) is 12.5 Å². The molecule has 1 saturated heterocycles. The summed E-state index contributed by atoms with van der Waals surface area (Å²) in [6.45, 7) is 1.78. The number of amides is 1. The van der Waals surface area contributed by atoms with Crippen LogP contribution >= 0.6 is 0 Å². The number of nitrogens with zero attached hydrogens (tertiary/aromatic N) is 2. The van der Waals surface area contributed by atoms with E-state index >= 15 is 0 Å². The Hall–Kier alpha value is -1.46. The fourth-order valence-corrected chi connectivity index (χ4v) is 2.27. The van der Waals surface area contributed by atoms with Gasteiger partial charge in [-0.3, -0.25) is 9.69 Å². The summed E-state index contributed by atoms with van der Waals surface area (Å²) in [5, 5.41) is 0. The molecule has 4 nitrogen and oxygen atoms in total. The lowest BCUT2D eigenvalue weighted by Crippen LogP contribution is -2.48. The Morgan fingerprint density at radius 2 is 2.00 bits per heavy atom. The Labute approximate surface area is 106 Å². The Morgan fingerprint density at radius 1 is 1.33 bits per heavy atom. The van der Waals surface area contributed by atoms with Gasteiger partial charge >= 0.3 is 0 Å². The first kappa shape index (κ1) is 13.0. The van der Waals surface area contributed by atoms with E-state index in [2.05, 4.69) is 0 Å². The van der Waals surface area contributed by atoms with Crippen LogP contribution in [0.4, 0.5) is 10.1 Å². The van der Waals surface area contributed by atoms with Crippen molar-refractivity contribution in [1.82, 2.24) is 4.90 Å². The largest absolute Gasteiger partial charge is 0.328 e. The first-order valence-electron chi connectivity index (χ1n) is 6.10. The van der Waals surface area contributed by atoms with Gasteiger partial charge in [-0.1, -0.05) is 0 Å². The second-order valence-corrected chi connectivity index (χ2v) is 4.55. The van der Waals surface area contributed by atoms with Gasteiger partial charge in [0.1, 0.15) is 11.9 Å². The third kappa shape index (κ3) is 2.52. The van der Waals surface area contributed by atoms with Gasteiger partial charge in [0, 0.05) is 25.3 Å². The summed E-state index contributed by atoms with van der Waals surface area (Å²) in [5.41, 5.74) is 6.40. The number of halogens is 1. The maximum atomic E-state index is 12.9. The molecule has 1 fully saturated rings. The molecule has 18 heavy (non-hydrogen) atoms. The molecule has 2 rings (SSSR count). The highest BCUT2D eigenvalue weighted by molar-refractivity contribution is 5.97. The highest BCUT2D eigenvalue weighted by atomic mass is 19.1. The SMILES string of the molecule is CN1CCCN(c2ccc(F)cc2)C(=O)C1CN. The molecule has 0 aliphatic carbocycles. The van der Waals surface area contributed by atoms with Crippen molar-refractivity contribution in [3.8, 4) is 0 Å².